The summed E-state index contributed by atoms with van der Waals surface area (Å²) in [7, 11) is 0. The fraction of sp³-hybridized carbons (Fsp3) is 0.500. The molecule has 2 bridgehead atoms. The average molecular weight is 397 g/mol. The van der Waals surface area contributed by atoms with Crippen LogP contribution in [0.4, 0.5) is 4.79 Å². The zero-order valence-electron chi connectivity index (χ0n) is 17.1. The van der Waals surface area contributed by atoms with Gasteiger partial charge >= 0.3 is 6.09 Å². The van der Waals surface area contributed by atoms with E-state index in [1.54, 1.807) is 15.8 Å². The molecule has 2 aliphatic heterocycles. The van der Waals surface area contributed by atoms with E-state index in [4.69, 9.17) is 9.47 Å². The zero-order chi connectivity index (χ0) is 20.6. The number of ether oxygens (including phenoxy) is 2. The Morgan fingerprint density at radius 3 is 2.31 bits per heavy atom. The number of ketones is 1. The minimum absolute atomic E-state index is 0.122. The lowest BCUT2D eigenvalue weighted by Gasteiger charge is -2.47. The molecule has 1 aromatic carbocycles. The first-order chi connectivity index (χ1) is 13.8. The number of fused-ring (bicyclic) bond motifs is 2. The van der Waals surface area contributed by atoms with Crippen molar-refractivity contribution in [3.05, 3.63) is 48.3 Å². The molecule has 0 radical (unpaired) electrons. The zero-order valence-corrected chi connectivity index (χ0v) is 17.1. The van der Waals surface area contributed by atoms with Gasteiger partial charge in [-0.15, -0.1) is 0 Å². The lowest BCUT2D eigenvalue weighted by molar-refractivity contribution is -0.0861. The van der Waals surface area contributed by atoms with Crippen molar-refractivity contribution in [2.45, 2.75) is 51.3 Å². The topological polar surface area (TPSA) is 73.7 Å². The summed E-state index contributed by atoms with van der Waals surface area (Å²) >= 11 is 0. The molecule has 2 aromatic rings. The van der Waals surface area contributed by atoms with Gasteiger partial charge in [0.25, 0.3) is 0 Å². The van der Waals surface area contributed by atoms with Crippen LogP contribution in [-0.4, -0.2) is 57.5 Å². The molecule has 2 unspecified atom stereocenters. The fourth-order valence-electron chi connectivity index (χ4n) is 4.18. The van der Waals surface area contributed by atoms with Crippen molar-refractivity contribution in [2.75, 3.05) is 13.2 Å². The Morgan fingerprint density at radius 2 is 1.76 bits per heavy atom. The monoisotopic (exact) mass is 397 g/mol. The molecular formula is C22H27N3O4. The van der Waals surface area contributed by atoms with Gasteiger partial charge in [0.1, 0.15) is 5.60 Å². The molecule has 0 saturated carbocycles. The molecule has 1 aromatic heterocycles. The Labute approximate surface area is 170 Å². The number of morpholine rings is 1. The van der Waals surface area contributed by atoms with Gasteiger partial charge in [0, 0.05) is 23.9 Å². The van der Waals surface area contributed by atoms with Gasteiger partial charge in [-0.1, -0.05) is 0 Å². The molecule has 154 valence electrons. The summed E-state index contributed by atoms with van der Waals surface area (Å²) in [6.45, 7) is 6.47. The molecule has 2 aliphatic rings. The predicted octanol–water partition coefficient (Wildman–Crippen LogP) is 3.47. The molecule has 3 heterocycles. The normalized spacial score (nSPS) is 24.2. The Hall–Kier alpha value is -2.67. The number of amides is 1. The number of hydrogen-bond donors (Lipinski definition) is 0. The largest absolute Gasteiger partial charge is 0.444 e. The van der Waals surface area contributed by atoms with Gasteiger partial charge in [0.2, 0.25) is 0 Å². The summed E-state index contributed by atoms with van der Waals surface area (Å²) in [6.07, 6.45) is 4.46. The van der Waals surface area contributed by atoms with Crippen LogP contribution in [0.1, 0.15) is 44.0 Å². The van der Waals surface area contributed by atoms with Crippen molar-refractivity contribution >= 4 is 11.9 Å². The van der Waals surface area contributed by atoms with Gasteiger partial charge in [-0.25, -0.2) is 9.48 Å². The van der Waals surface area contributed by atoms with Gasteiger partial charge in [-0.3, -0.25) is 9.69 Å². The van der Waals surface area contributed by atoms with Crippen LogP contribution in [0.3, 0.4) is 0 Å². The van der Waals surface area contributed by atoms with Crippen LogP contribution in [0, 0.1) is 5.92 Å². The Bertz CT molecular complexity index is 856. The number of carbonyl (C=O) groups is 2. The maximum atomic E-state index is 13.1. The minimum atomic E-state index is -0.546. The molecule has 0 spiro atoms. The summed E-state index contributed by atoms with van der Waals surface area (Å²) in [4.78, 5) is 27.6. The second-order valence-electron chi connectivity index (χ2n) is 8.76. The molecule has 0 aliphatic carbocycles. The van der Waals surface area contributed by atoms with Crippen LogP contribution < -0.4 is 0 Å². The smallest absolute Gasteiger partial charge is 0.410 e. The molecule has 0 N–H and O–H groups in total. The number of Topliss-reactive ketones (excluding diaryl/α,β-unsaturated/α-hetero) is 1. The highest BCUT2D eigenvalue weighted by Crippen LogP contribution is 2.34. The number of rotatable bonds is 3. The number of hydrogen-bond acceptors (Lipinski definition) is 5. The van der Waals surface area contributed by atoms with Crippen LogP contribution in [-0.2, 0) is 9.47 Å². The lowest BCUT2D eigenvalue weighted by atomic mass is 9.81. The van der Waals surface area contributed by atoms with Crippen molar-refractivity contribution in [3.63, 3.8) is 0 Å². The van der Waals surface area contributed by atoms with Crippen molar-refractivity contribution in [2.24, 2.45) is 5.92 Å². The molecular weight excluding hydrogens is 370 g/mol. The van der Waals surface area contributed by atoms with Crippen molar-refractivity contribution in [1.29, 1.82) is 0 Å². The Balaban J connectivity index is 1.47. The molecule has 1 amide bonds. The second kappa shape index (κ2) is 7.63. The third kappa shape index (κ3) is 4.19. The highest BCUT2D eigenvalue weighted by Gasteiger charge is 2.45. The van der Waals surface area contributed by atoms with E-state index in [1.807, 2.05) is 57.3 Å². The van der Waals surface area contributed by atoms with Gasteiger partial charge in [-0.05, 0) is 63.9 Å². The van der Waals surface area contributed by atoms with E-state index in [2.05, 4.69) is 5.10 Å². The quantitative estimate of drug-likeness (QED) is 0.742. The fourth-order valence-corrected chi connectivity index (χ4v) is 4.18. The third-order valence-corrected chi connectivity index (χ3v) is 5.42. The Morgan fingerprint density at radius 1 is 1.10 bits per heavy atom. The maximum Gasteiger partial charge on any atom is 0.410 e. The molecule has 2 saturated heterocycles. The number of benzene rings is 1. The first-order valence-corrected chi connectivity index (χ1v) is 10.1. The summed E-state index contributed by atoms with van der Waals surface area (Å²) < 4.78 is 13.0. The summed E-state index contributed by atoms with van der Waals surface area (Å²) in [5.74, 6) is 0.000828. The molecule has 2 atom stereocenters. The molecule has 29 heavy (non-hydrogen) atoms. The lowest BCUT2D eigenvalue weighted by Crippen LogP contribution is -2.60. The van der Waals surface area contributed by atoms with Crippen molar-refractivity contribution in [1.82, 2.24) is 14.7 Å². The highest BCUT2D eigenvalue weighted by atomic mass is 16.6. The SMILES string of the molecule is CC(C)(C)OC(=O)N1C2COCC1CC(C(=O)c1ccc(-n3cccn3)cc1)C2. The number of piperidine rings is 1. The van der Waals surface area contributed by atoms with Crippen LogP contribution in [0.5, 0.6) is 0 Å². The van der Waals surface area contributed by atoms with Crippen LogP contribution in [0.25, 0.3) is 5.69 Å². The van der Waals surface area contributed by atoms with Crippen molar-refractivity contribution < 1.29 is 19.1 Å². The molecule has 2 fully saturated rings. The first-order valence-electron chi connectivity index (χ1n) is 10.1. The summed E-state index contributed by atoms with van der Waals surface area (Å²) in [5, 5.41) is 4.21. The number of aromatic nitrogens is 2. The third-order valence-electron chi connectivity index (χ3n) is 5.42. The summed E-state index contributed by atoms with van der Waals surface area (Å²) in [5.41, 5.74) is 1.06. The van der Waals surface area contributed by atoms with Gasteiger partial charge in [-0.2, -0.15) is 5.10 Å². The highest BCUT2D eigenvalue weighted by molar-refractivity contribution is 5.98. The van der Waals surface area contributed by atoms with Crippen molar-refractivity contribution in [3.8, 4) is 5.69 Å². The van der Waals surface area contributed by atoms with E-state index >= 15 is 0 Å². The van der Waals surface area contributed by atoms with E-state index < -0.39 is 5.60 Å². The summed E-state index contributed by atoms with van der Waals surface area (Å²) in [6, 6.07) is 9.11. The van der Waals surface area contributed by atoms with E-state index in [-0.39, 0.29) is 29.9 Å². The standard InChI is InChI=1S/C22H27N3O4/c1-22(2,3)29-21(27)25-18-11-16(12-19(25)14-28-13-18)20(26)15-5-7-17(8-6-15)24-10-4-9-23-24/h4-10,16,18-19H,11-14H2,1-3H3. The number of nitrogens with zero attached hydrogens (tertiary/aromatic N) is 3. The average Bonchev–Trinajstić information content (AvgIpc) is 3.20. The van der Waals surface area contributed by atoms with Crippen LogP contribution in [0.2, 0.25) is 0 Å². The predicted molar refractivity (Wildman–Crippen MR) is 107 cm³/mol. The van der Waals surface area contributed by atoms with Gasteiger partial charge in [0.15, 0.2) is 5.78 Å². The van der Waals surface area contributed by atoms with Gasteiger partial charge in [0.05, 0.1) is 31.0 Å². The first kappa shape index (κ1) is 19.6. The Kier molecular flexibility index (Phi) is 5.17. The second-order valence-corrected chi connectivity index (χ2v) is 8.76. The van der Waals surface area contributed by atoms with Crippen LogP contribution >= 0.6 is 0 Å². The van der Waals surface area contributed by atoms with E-state index in [1.165, 1.54) is 0 Å². The maximum absolute atomic E-state index is 13.1. The van der Waals surface area contributed by atoms with E-state index in [0.29, 0.717) is 31.6 Å². The minimum Gasteiger partial charge on any atom is -0.444 e. The molecule has 7 heteroatoms. The van der Waals surface area contributed by atoms with E-state index in [9.17, 15) is 9.59 Å². The van der Waals surface area contributed by atoms with Gasteiger partial charge < -0.3 is 9.47 Å². The molecule has 4 rings (SSSR count). The van der Waals surface area contributed by atoms with Crippen LogP contribution in [0.15, 0.2) is 42.7 Å². The molecule has 7 nitrogen and oxygen atoms in total. The number of carbonyl (C=O) groups excluding carboxylic acids is 2. The van der Waals surface area contributed by atoms with E-state index in [0.717, 1.165) is 5.69 Å².